The Kier molecular flexibility index (Phi) is 4.59. The first-order valence-corrected chi connectivity index (χ1v) is 6.95. The number of methoxy groups -OCH3 is 1. The zero-order valence-electron chi connectivity index (χ0n) is 11.4. The van der Waals surface area contributed by atoms with E-state index in [-0.39, 0.29) is 5.91 Å². The number of piperazine rings is 1. The van der Waals surface area contributed by atoms with Crippen LogP contribution in [0.15, 0.2) is 0 Å². The van der Waals surface area contributed by atoms with Crippen molar-refractivity contribution in [3.05, 3.63) is 0 Å². The van der Waals surface area contributed by atoms with Crippen molar-refractivity contribution in [2.75, 3.05) is 46.4 Å². The van der Waals surface area contributed by atoms with Crippen molar-refractivity contribution in [3.8, 4) is 0 Å². The average Bonchev–Trinajstić information content (AvgIpc) is 2.84. The van der Waals surface area contributed by atoms with E-state index in [0.717, 1.165) is 65.0 Å². The Morgan fingerprint density at radius 3 is 2.39 bits per heavy atom. The lowest BCUT2D eigenvalue weighted by atomic mass is 9.97. The third kappa shape index (κ3) is 3.02. The van der Waals surface area contributed by atoms with Gasteiger partial charge in [0.2, 0.25) is 5.91 Å². The van der Waals surface area contributed by atoms with E-state index in [2.05, 4.69) is 4.90 Å². The van der Waals surface area contributed by atoms with Gasteiger partial charge in [-0.15, -0.1) is 0 Å². The lowest BCUT2D eigenvalue weighted by Gasteiger charge is -2.38. The van der Waals surface area contributed by atoms with Gasteiger partial charge in [0.1, 0.15) is 0 Å². The van der Waals surface area contributed by atoms with Crippen molar-refractivity contribution in [1.29, 1.82) is 0 Å². The van der Waals surface area contributed by atoms with Crippen LogP contribution in [0.2, 0.25) is 0 Å². The number of carbonyl (C=O) groups excluding carboxylic acids is 1. The number of ether oxygens (including phenoxy) is 1. The van der Waals surface area contributed by atoms with E-state index < -0.39 is 5.54 Å². The van der Waals surface area contributed by atoms with Crippen molar-refractivity contribution < 1.29 is 9.53 Å². The Morgan fingerprint density at radius 2 is 1.83 bits per heavy atom. The van der Waals surface area contributed by atoms with Crippen LogP contribution in [0.4, 0.5) is 0 Å². The van der Waals surface area contributed by atoms with Crippen LogP contribution in [0.25, 0.3) is 0 Å². The quantitative estimate of drug-likeness (QED) is 0.771. The summed E-state index contributed by atoms with van der Waals surface area (Å²) < 4.78 is 5.07. The molecule has 0 spiro atoms. The maximum atomic E-state index is 12.4. The minimum Gasteiger partial charge on any atom is -0.383 e. The second-order valence-electron chi connectivity index (χ2n) is 5.49. The van der Waals surface area contributed by atoms with Gasteiger partial charge in [-0.25, -0.2) is 0 Å². The normalized spacial score (nSPS) is 24.4. The molecule has 1 heterocycles. The lowest BCUT2D eigenvalue weighted by molar-refractivity contribution is -0.138. The summed E-state index contributed by atoms with van der Waals surface area (Å²) in [6.07, 6.45) is 3.90. The monoisotopic (exact) mass is 255 g/mol. The average molecular weight is 255 g/mol. The van der Waals surface area contributed by atoms with Crippen LogP contribution in [0, 0.1) is 0 Å². The zero-order chi connectivity index (χ0) is 13.0. The first-order chi connectivity index (χ1) is 8.65. The molecule has 1 aliphatic heterocycles. The van der Waals surface area contributed by atoms with Gasteiger partial charge < -0.3 is 15.4 Å². The summed E-state index contributed by atoms with van der Waals surface area (Å²) in [6.45, 7) is 5.19. The van der Waals surface area contributed by atoms with Gasteiger partial charge in [-0.3, -0.25) is 9.69 Å². The van der Waals surface area contributed by atoms with Crippen LogP contribution in [0.3, 0.4) is 0 Å². The molecule has 2 rings (SSSR count). The Hall–Kier alpha value is -0.650. The zero-order valence-corrected chi connectivity index (χ0v) is 11.4. The van der Waals surface area contributed by atoms with E-state index in [4.69, 9.17) is 10.5 Å². The summed E-state index contributed by atoms with van der Waals surface area (Å²) in [5, 5.41) is 0. The number of hydrogen-bond acceptors (Lipinski definition) is 4. The van der Waals surface area contributed by atoms with Crippen molar-refractivity contribution >= 4 is 5.91 Å². The van der Waals surface area contributed by atoms with Gasteiger partial charge in [0.05, 0.1) is 12.1 Å². The number of amides is 1. The fraction of sp³-hybridized carbons (Fsp3) is 0.923. The Labute approximate surface area is 109 Å². The Morgan fingerprint density at radius 1 is 1.22 bits per heavy atom. The molecule has 5 heteroatoms. The smallest absolute Gasteiger partial charge is 0.242 e. The van der Waals surface area contributed by atoms with Crippen LogP contribution in [-0.4, -0.2) is 67.7 Å². The minimum absolute atomic E-state index is 0.173. The highest BCUT2D eigenvalue weighted by molar-refractivity contribution is 5.86. The van der Waals surface area contributed by atoms with E-state index in [0.29, 0.717) is 0 Å². The maximum Gasteiger partial charge on any atom is 0.242 e. The standard InChI is InChI=1S/C13H25N3O2/c1-18-11-10-15-6-8-16(9-7-15)12(17)13(14)4-2-3-5-13/h2-11,14H2,1H3. The van der Waals surface area contributed by atoms with E-state index in [1.165, 1.54) is 0 Å². The fourth-order valence-corrected chi connectivity index (χ4v) is 2.93. The second-order valence-corrected chi connectivity index (χ2v) is 5.49. The number of nitrogens with two attached hydrogens (primary N) is 1. The van der Waals surface area contributed by atoms with Crippen LogP contribution >= 0.6 is 0 Å². The third-order valence-electron chi connectivity index (χ3n) is 4.19. The van der Waals surface area contributed by atoms with E-state index in [1.807, 2.05) is 4.90 Å². The molecule has 2 N–H and O–H groups in total. The highest BCUT2D eigenvalue weighted by Crippen LogP contribution is 2.29. The van der Waals surface area contributed by atoms with Crippen LogP contribution in [-0.2, 0) is 9.53 Å². The molecule has 0 atom stereocenters. The van der Waals surface area contributed by atoms with Gasteiger partial charge in [0.15, 0.2) is 0 Å². The molecule has 18 heavy (non-hydrogen) atoms. The van der Waals surface area contributed by atoms with E-state index in [1.54, 1.807) is 7.11 Å². The molecule has 0 aromatic heterocycles. The van der Waals surface area contributed by atoms with Crippen molar-refractivity contribution in [2.24, 2.45) is 5.73 Å². The molecule has 2 aliphatic rings. The molecular formula is C13H25N3O2. The van der Waals surface area contributed by atoms with Gasteiger partial charge in [-0.05, 0) is 12.8 Å². The third-order valence-corrected chi connectivity index (χ3v) is 4.19. The SMILES string of the molecule is COCCN1CCN(C(=O)C2(N)CCCC2)CC1. The molecule has 104 valence electrons. The van der Waals surface area contributed by atoms with Crippen LogP contribution in [0.1, 0.15) is 25.7 Å². The molecule has 0 aromatic rings. The molecule has 1 saturated carbocycles. The molecule has 1 amide bonds. The van der Waals surface area contributed by atoms with Crippen LogP contribution in [0.5, 0.6) is 0 Å². The van der Waals surface area contributed by atoms with Gasteiger partial charge in [-0.2, -0.15) is 0 Å². The number of carbonyl (C=O) groups is 1. The molecular weight excluding hydrogens is 230 g/mol. The molecule has 1 saturated heterocycles. The highest BCUT2D eigenvalue weighted by atomic mass is 16.5. The van der Waals surface area contributed by atoms with Gasteiger partial charge in [-0.1, -0.05) is 12.8 Å². The first kappa shape index (κ1) is 13.8. The highest BCUT2D eigenvalue weighted by Gasteiger charge is 2.40. The summed E-state index contributed by atoms with van der Waals surface area (Å²) in [7, 11) is 1.72. The number of hydrogen-bond donors (Lipinski definition) is 1. The van der Waals surface area contributed by atoms with Gasteiger partial charge in [0, 0.05) is 39.8 Å². The van der Waals surface area contributed by atoms with Crippen molar-refractivity contribution in [3.63, 3.8) is 0 Å². The molecule has 0 bridgehead atoms. The largest absolute Gasteiger partial charge is 0.383 e. The van der Waals surface area contributed by atoms with E-state index >= 15 is 0 Å². The molecule has 0 aromatic carbocycles. The summed E-state index contributed by atoms with van der Waals surface area (Å²) in [6, 6.07) is 0. The molecule has 1 aliphatic carbocycles. The summed E-state index contributed by atoms with van der Waals surface area (Å²) in [4.78, 5) is 16.7. The summed E-state index contributed by atoms with van der Waals surface area (Å²) in [5.74, 6) is 0.173. The molecule has 0 unspecified atom stereocenters. The predicted octanol–water partition coefficient (Wildman–Crippen LogP) is 0.0485. The van der Waals surface area contributed by atoms with Crippen molar-refractivity contribution in [1.82, 2.24) is 9.80 Å². The van der Waals surface area contributed by atoms with E-state index in [9.17, 15) is 4.79 Å². The van der Waals surface area contributed by atoms with Gasteiger partial charge in [0.25, 0.3) is 0 Å². The topological polar surface area (TPSA) is 58.8 Å². The Balaban J connectivity index is 1.80. The first-order valence-electron chi connectivity index (χ1n) is 6.95. The predicted molar refractivity (Wildman–Crippen MR) is 70.3 cm³/mol. The second kappa shape index (κ2) is 5.99. The molecule has 2 fully saturated rings. The maximum absolute atomic E-state index is 12.4. The van der Waals surface area contributed by atoms with Gasteiger partial charge >= 0.3 is 0 Å². The summed E-state index contributed by atoms with van der Waals surface area (Å²) >= 11 is 0. The minimum atomic E-state index is -0.561. The Bertz CT molecular complexity index is 282. The van der Waals surface area contributed by atoms with Crippen LogP contribution < -0.4 is 5.73 Å². The number of nitrogens with zero attached hydrogens (tertiary/aromatic N) is 2. The fourth-order valence-electron chi connectivity index (χ4n) is 2.93. The van der Waals surface area contributed by atoms with Crippen molar-refractivity contribution in [2.45, 2.75) is 31.2 Å². The number of rotatable bonds is 4. The lowest BCUT2D eigenvalue weighted by Crippen LogP contribution is -2.58. The molecule has 5 nitrogen and oxygen atoms in total. The summed E-state index contributed by atoms with van der Waals surface area (Å²) in [5.41, 5.74) is 5.66. The molecule has 0 radical (unpaired) electrons.